The lowest BCUT2D eigenvalue weighted by molar-refractivity contribution is -0.395. The summed E-state index contributed by atoms with van der Waals surface area (Å²) >= 11 is 1.31. The topological polar surface area (TPSA) is 47.0 Å². The summed E-state index contributed by atoms with van der Waals surface area (Å²) in [7, 11) is 0. The zero-order valence-electron chi connectivity index (χ0n) is 15.9. The van der Waals surface area contributed by atoms with E-state index in [2.05, 4.69) is 55.3 Å². The summed E-state index contributed by atoms with van der Waals surface area (Å²) in [5.74, 6) is 0. The van der Waals surface area contributed by atoms with E-state index in [4.69, 9.17) is 0 Å². The van der Waals surface area contributed by atoms with Crippen LogP contribution in [0.1, 0.15) is 58.9 Å². The second-order valence-corrected chi connectivity index (χ2v) is 8.29. The zero-order chi connectivity index (χ0) is 18.4. The van der Waals surface area contributed by atoms with Gasteiger partial charge in [0.15, 0.2) is 0 Å². The van der Waals surface area contributed by atoms with Gasteiger partial charge in [0.1, 0.15) is 0 Å². The van der Waals surface area contributed by atoms with Gasteiger partial charge in [0.05, 0.1) is 11.5 Å². The first-order chi connectivity index (χ1) is 11.8. The molecule has 0 aromatic carbocycles. The fourth-order valence-corrected chi connectivity index (χ4v) is 3.86. The molecule has 0 saturated heterocycles. The second kappa shape index (κ2) is 8.43. The number of aromatic nitrogens is 2. The summed E-state index contributed by atoms with van der Waals surface area (Å²) in [6.45, 7) is 11.1. The number of allylic oxidation sites excluding steroid dienone is 9. The largest absolute Gasteiger partial charge is 0.506 e. The Balaban J connectivity index is 2.04. The monoisotopic (exact) mass is 357 g/mol. The van der Waals surface area contributed by atoms with Crippen molar-refractivity contribution < 1.29 is 4.98 Å². The lowest BCUT2D eigenvalue weighted by atomic mass is 9.72. The van der Waals surface area contributed by atoms with Gasteiger partial charge in [-0.3, -0.25) is 0 Å². The van der Waals surface area contributed by atoms with Gasteiger partial charge in [-0.15, -0.1) is 4.37 Å². The summed E-state index contributed by atoms with van der Waals surface area (Å²) < 4.78 is 2.64. The Morgan fingerprint density at radius 3 is 2.64 bits per heavy atom. The number of hydrogen-bond donors (Lipinski definition) is 1. The molecular formula is C21H29N2OS+. The van der Waals surface area contributed by atoms with Crippen molar-refractivity contribution in [3.8, 4) is 0 Å². The molecule has 0 radical (unpaired) electrons. The minimum atomic E-state index is -0.163. The van der Waals surface area contributed by atoms with E-state index < -0.39 is 0 Å². The molecule has 1 aromatic heterocycles. The highest BCUT2D eigenvalue weighted by Gasteiger charge is 2.26. The molecule has 3 nitrogen and oxygen atoms in total. The van der Waals surface area contributed by atoms with E-state index in [-0.39, 0.29) is 11.1 Å². The molecule has 134 valence electrons. The normalized spacial score (nSPS) is 19.4. The third-order valence-electron chi connectivity index (χ3n) is 4.62. The maximum absolute atomic E-state index is 11.1. The first-order valence-electron chi connectivity index (χ1n) is 8.80. The predicted octanol–water partition coefficient (Wildman–Crippen LogP) is 5.24. The minimum absolute atomic E-state index is 0.163. The van der Waals surface area contributed by atoms with Crippen LogP contribution >= 0.6 is 11.5 Å². The van der Waals surface area contributed by atoms with Crippen molar-refractivity contribution in [2.45, 2.75) is 53.9 Å². The highest BCUT2D eigenvalue weighted by Crippen LogP contribution is 2.40. The first-order valence-corrected chi connectivity index (χ1v) is 9.62. The van der Waals surface area contributed by atoms with Crippen LogP contribution in [0.15, 0.2) is 57.5 Å². The molecule has 0 amide bonds. The molecule has 1 aliphatic rings. The van der Waals surface area contributed by atoms with Crippen molar-refractivity contribution in [1.82, 2.24) is 4.37 Å². The standard InChI is InChI=1S/C21H28N2OS/c1-15(11-12-18-17(3)10-7-13-21(18,4)5)8-6-9-16(2)14-19-22-20(24)23-25-19/h6,8-9,11-12,14H,7,10,13H2,1-5H3,(H,23,24)/p+1/b9-6+,12-11+,15-8+,16-14+. The molecule has 1 aliphatic carbocycles. The summed E-state index contributed by atoms with van der Waals surface area (Å²) in [4.78, 5) is 13.8. The van der Waals surface area contributed by atoms with Crippen LogP contribution in [0.5, 0.6) is 0 Å². The molecular weight excluding hydrogens is 328 g/mol. The lowest BCUT2D eigenvalue weighted by Crippen LogP contribution is -2.24. The number of hydrogen-bond acceptors (Lipinski definition) is 2. The Labute approximate surface area is 154 Å². The first kappa shape index (κ1) is 19.4. The molecule has 2 N–H and O–H groups in total. The van der Waals surface area contributed by atoms with Gasteiger partial charge >= 0.3 is 5.69 Å². The molecule has 25 heavy (non-hydrogen) atoms. The summed E-state index contributed by atoms with van der Waals surface area (Å²) in [5.41, 5.74) is 5.45. The minimum Gasteiger partial charge on any atom is -0.196 e. The van der Waals surface area contributed by atoms with Crippen LogP contribution in [-0.2, 0) is 0 Å². The van der Waals surface area contributed by atoms with Crippen molar-refractivity contribution in [2.24, 2.45) is 5.41 Å². The summed E-state index contributed by atoms with van der Waals surface area (Å²) in [6.07, 6.45) is 16.5. The number of nitrogens with one attached hydrogen (secondary N) is 2. The molecule has 0 bridgehead atoms. The van der Waals surface area contributed by atoms with Gasteiger partial charge in [-0.1, -0.05) is 55.4 Å². The molecule has 4 heteroatoms. The Morgan fingerprint density at radius 1 is 1.24 bits per heavy atom. The maximum atomic E-state index is 11.1. The van der Waals surface area contributed by atoms with Crippen LogP contribution in [0.25, 0.3) is 6.08 Å². The molecule has 1 aromatic rings. The Kier molecular flexibility index (Phi) is 6.54. The summed E-state index contributed by atoms with van der Waals surface area (Å²) in [5, 5.41) is 0.828. The van der Waals surface area contributed by atoms with Gasteiger partial charge < -0.3 is 0 Å². The van der Waals surface area contributed by atoms with E-state index in [1.807, 2.05) is 25.2 Å². The quantitative estimate of drug-likeness (QED) is 0.720. The number of H-pyrrole nitrogens is 2. The van der Waals surface area contributed by atoms with Crippen molar-refractivity contribution in [2.75, 3.05) is 0 Å². The van der Waals surface area contributed by atoms with Gasteiger partial charge in [0.2, 0.25) is 5.01 Å². The summed E-state index contributed by atoms with van der Waals surface area (Å²) in [6, 6.07) is 0. The van der Waals surface area contributed by atoms with Gasteiger partial charge in [0.25, 0.3) is 0 Å². The van der Waals surface area contributed by atoms with Crippen LogP contribution in [0, 0.1) is 5.41 Å². The van der Waals surface area contributed by atoms with Gasteiger partial charge in [-0.05, 0) is 56.6 Å². The molecule has 0 saturated carbocycles. The van der Waals surface area contributed by atoms with Crippen LogP contribution in [0.3, 0.4) is 0 Å². The van der Waals surface area contributed by atoms with E-state index in [1.54, 1.807) is 0 Å². The molecule has 0 atom stereocenters. The molecule has 0 spiro atoms. The second-order valence-electron chi connectivity index (χ2n) is 7.45. The lowest BCUT2D eigenvalue weighted by Gasteiger charge is -2.32. The number of aromatic amines is 2. The van der Waals surface area contributed by atoms with E-state index in [9.17, 15) is 4.79 Å². The Bertz CT molecular complexity index is 813. The highest BCUT2D eigenvalue weighted by molar-refractivity contribution is 7.05. The van der Waals surface area contributed by atoms with Gasteiger partial charge in [-0.2, -0.15) is 9.78 Å². The average Bonchev–Trinajstić information content (AvgIpc) is 2.91. The molecule has 1 heterocycles. The van der Waals surface area contributed by atoms with Crippen LogP contribution < -0.4 is 10.7 Å². The average molecular weight is 358 g/mol. The molecule has 0 unspecified atom stereocenters. The Morgan fingerprint density at radius 2 is 2.00 bits per heavy atom. The van der Waals surface area contributed by atoms with E-state index in [1.165, 1.54) is 47.5 Å². The van der Waals surface area contributed by atoms with E-state index >= 15 is 0 Å². The van der Waals surface area contributed by atoms with Gasteiger partial charge in [-0.25, -0.2) is 0 Å². The van der Waals surface area contributed by atoms with Crippen LogP contribution in [0.2, 0.25) is 0 Å². The smallest absolute Gasteiger partial charge is 0.196 e. The van der Waals surface area contributed by atoms with Crippen molar-refractivity contribution in [3.05, 3.63) is 68.2 Å². The van der Waals surface area contributed by atoms with Crippen molar-refractivity contribution >= 4 is 17.6 Å². The van der Waals surface area contributed by atoms with Crippen molar-refractivity contribution in [1.29, 1.82) is 0 Å². The van der Waals surface area contributed by atoms with Crippen LogP contribution in [-0.4, -0.2) is 4.37 Å². The van der Waals surface area contributed by atoms with Gasteiger partial charge in [0, 0.05) is 6.08 Å². The molecule has 2 rings (SSSR count). The van der Waals surface area contributed by atoms with Crippen LogP contribution in [0.4, 0.5) is 0 Å². The number of rotatable bonds is 5. The van der Waals surface area contributed by atoms with E-state index in [0.29, 0.717) is 0 Å². The van der Waals surface area contributed by atoms with E-state index in [0.717, 1.165) is 10.6 Å². The maximum Gasteiger partial charge on any atom is 0.506 e. The third-order valence-corrected chi connectivity index (χ3v) is 5.35. The Hall–Kier alpha value is -1.94. The van der Waals surface area contributed by atoms with Crippen molar-refractivity contribution in [3.63, 3.8) is 0 Å². The third kappa shape index (κ3) is 5.82. The fraction of sp³-hybridized carbons (Fsp3) is 0.429. The predicted molar refractivity (Wildman–Crippen MR) is 108 cm³/mol. The molecule has 0 aliphatic heterocycles. The SMILES string of the molecule is CC1=C(/C=C/C(C)=C/C=C/C(C)=C/c2[nH+]c(=O)[nH]s2)C(C)(C)CCC1. The molecule has 0 fully saturated rings. The fourth-order valence-electron chi connectivity index (χ4n) is 3.22. The highest BCUT2D eigenvalue weighted by atomic mass is 32.1. The zero-order valence-corrected chi connectivity index (χ0v) is 16.7.